The van der Waals surface area contributed by atoms with Gasteiger partial charge in [-0.25, -0.2) is 4.98 Å². The van der Waals surface area contributed by atoms with Crippen molar-refractivity contribution in [1.82, 2.24) is 14.9 Å². The smallest absolute Gasteiger partial charge is 0.224 e. The van der Waals surface area contributed by atoms with E-state index in [0.717, 1.165) is 54.9 Å². The number of imidazole rings is 1. The number of hydrogen-bond acceptors (Lipinski definition) is 3. The Kier molecular flexibility index (Phi) is 8.55. The number of hydrogen-bond donors (Lipinski definition) is 1. The molecule has 5 nitrogen and oxygen atoms in total. The molecule has 1 N–H and O–H groups in total. The summed E-state index contributed by atoms with van der Waals surface area (Å²) in [6.07, 6.45) is 4.11. The lowest BCUT2D eigenvalue weighted by atomic mass is 10.1. The van der Waals surface area contributed by atoms with Gasteiger partial charge >= 0.3 is 0 Å². The molecule has 0 spiro atoms. The first kappa shape index (κ1) is 24.5. The van der Waals surface area contributed by atoms with Gasteiger partial charge in [0.15, 0.2) is 0 Å². The highest BCUT2D eigenvalue weighted by Gasteiger charge is 2.11. The highest BCUT2D eigenvalue weighted by molar-refractivity contribution is 5.78. The van der Waals surface area contributed by atoms with Crippen molar-refractivity contribution in [3.8, 4) is 5.75 Å². The number of fused-ring (bicyclic) bond motifs is 1. The van der Waals surface area contributed by atoms with Gasteiger partial charge in [0.25, 0.3) is 0 Å². The van der Waals surface area contributed by atoms with Crippen LogP contribution in [0.5, 0.6) is 5.75 Å². The second kappa shape index (κ2) is 12.2. The van der Waals surface area contributed by atoms with Gasteiger partial charge < -0.3 is 14.6 Å². The van der Waals surface area contributed by atoms with Crippen LogP contribution in [-0.4, -0.2) is 28.6 Å². The van der Waals surface area contributed by atoms with E-state index >= 15 is 0 Å². The number of nitrogens with one attached hydrogen (secondary N) is 1. The molecule has 1 aromatic heterocycles. The maximum atomic E-state index is 12.2. The molecule has 0 saturated carbocycles. The van der Waals surface area contributed by atoms with Crippen molar-refractivity contribution in [3.63, 3.8) is 0 Å². The third kappa shape index (κ3) is 6.72. The maximum absolute atomic E-state index is 12.2. The predicted molar refractivity (Wildman–Crippen MR) is 142 cm³/mol. The van der Waals surface area contributed by atoms with E-state index in [2.05, 4.69) is 48.0 Å². The third-order valence-corrected chi connectivity index (χ3v) is 6.43. The minimum absolute atomic E-state index is 0.0635. The van der Waals surface area contributed by atoms with Crippen LogP contribution >= 0.6 is 0 Å². The molecule has 1 amide bonds. The zero-order valence-electron chi connectivity index (χ0n) is 20.8. The molecule has 0 bridgehead atoms. The highest BCUT2D eigenvalue weighted by Crippen LogP contribution is 2.21. The Balaban J connectivity index is 1.27. The number of nitrogens with zero attached hydrogens (tertiary/aromatic N) is 2. The second-order valence-corrected chi connectivity index (χ2v) is 9.04. The van der Waals surface area contributed by atoms with Gasteiger partial charge in [-0.15, -0.1) is 0 Å². The summed E-state index contributed by atoms with van der Waals surface area (Å²) >= 11 is 0. The van der Waals surface area contributed by atoms with E-state index in [1.165, 1.54) is 16.6 Å². The first-order valence-electron chi connectivity index (χ1n) is 12.6. The molecule has 0 radical (unpaired) electrons. The molecule has 4 rings (SSSR count). The molecular formula is C30H35N3O2. The monoisotopic (exact) mass is 469 g/mol. The lowest BCUT2D eigenvalue weighted by molar-refractivity contribution is -0.120. The van der Waals surface area contributed by atoms with Crippen molar-refractivity contribution in [3.05, 3.63) is 95.3 Å². The zero-order valence-corrected chi connectivity index (χ0v) is 20.8. The SMILES string of the molecule is Cc1cccc(OCCCCn2c(CCCNC(=O)Cc3ccccc3)nc3ccccc32)c1C. The number of benzene rings is 3. The van der Waals surface area contributed by atoms with Crippen molar-refractivity contribution in [2.45, 2.75) is 52.5 Å². The standard InChI is InChI=1S/C30H35N3O2/c1-23-12-10-17-28(24(23)2)35-21-9-8-20-33-27-16-7-6-15-26(27)32-29(33)18-11-19-31-30(34)22-25-13-4-3-5-14-25/h3-7,10,12-17H,8-9,11,18-22H2,1-2H3,(H,31,34). The number of aromatic nitrogens is 2. The number of para-hydroxylation sites is 2. The Labute approximate surface area is 208 Å². The molecule has 0 aliphatic rings. The number of unbranched alkanes of at least 4 members (excludes halogenated alkanes) is 1. The second-order valence-electron chi connectivity index (χ2n) is 9.04. The summed E-state index contributed by atoms with van der Waals surface area (Å²) in [5, 5.41) is 3.05. The Morgan fingerprint density at radius 3 is 2.57 bits per heavy atom. The maximum Gasteiger partial charge on any atom is 0.224 e. The summed E-state index contributed by atoms with van der Waals surface area (Å²) in [6, 6.07) is 24.4. The molecular weight excluding hydrogens is 434 g/mol. The van der Waals surface area contributed by atoms with Crippen molar-refractivity contribution in [2.75, 3.05) is 13.2 Å². The Bertz CT molecular complexity index is 1250. The first-order chi connectivity index (χ1) is 17.1. The van der Waals surface area contributed by atoms with Crippen LogP contribution in [0, 0.1) is 13.8 Å². The number of rotatable bonds is 12. The summed E-state index contributed by atoms with van der Waals surface area (Å²) in [6.45, 7) is 6.49. The van der Waals surface area contributed by atoms with E-state index in [4.69, 9.17) is 9.72 Å². The number of ether oxygens (including phenoxy) is 1. The minimum atomic E-state index is 0.0635. The average Bonchev–Trinajstić information content (AvgIpc) is 3.22. The summed E-state index contributed by atoms with van der Waals surface area (Å²) in [5.41, 5.74) is 5.71. The summed E-state index contributed by atoms with van der Waals surface area (Å²) < 4.78 is 8.37. The van der Waals surface area contributed by atoms with Crippen molar-refractivity contribution >= 4 is 16.9 Å². The van der Waals surface area contributed by atoms with E-state index in [1.807, 2.05) is 48.5 Å². The van der Waals surface area contributed by atoms with E-state index in [1.54, 1.807) is 0 Å². The quantitative estimate of drug-likeness (QED) is 0.267. The van der Waals surface area contributed by atoms with Gasteiger partial charge in [-0.1, -0.05) is 54.6 Å². The lowest BCUT2D eigenvalue weighted by Crippen LogP contribution is -2.26. The Morgan fingerprint density at radius 2 is 1.71 bits per heavy atom. The van der Waals surface area contributed by atoms with Gasteiger partial charge in [-0.05, 0) is 68.0 Å². The molecule has 0 fully saturated rings. The Hall–Kier alpha value is -3.60. The molecule has 0 unspecified atom stereocenters. The van der Waals surface area contributed by atoms with Gasteiger partial charge in [-0.3, -0.25) is 4.79 Å². The topological polar surface area (TPSA) is 56.1 Å². The van der Waals surface area contributed by atoms with Crippen LogP contribution < -0.4 is 10.1 Å². The number of aryl methyl sites for hydroxylation is 3. The van der Waals surface area contributed by atoms with E-state index in [0.29, 0.717) is 19.6 Å². The normalized spacial score (nSPS) is 11.0. The van der Waals surface area contributed by atoms with Crippen LogP contribution in [0.4, 0.5) is 0 Å². The third-order valence-electron chi connectivity index (χ3n) is 6.43. The molecule has 1 heterocycles. The molecule has 4 aromatic rings. The molecule has 5 heteroatoms. The molecule has 0 atom stereocenters. The Morgan fingerprint density at radius 1 is 0.914 bits per heavy atom. The van der Waals surface area contributed by atoms with Crippen LogP contribution in [0.25, 0.3) is 11.0 Å². The van der Waals surface area contributed by atoms with Gasteiger partial charge in [-0.2, -0.15) is 0 Å². The van der Waals surface area contributed by atoms with Gasteiger partial charge in [0.1, 0.15) is 11.6 Å². The van der Waals surface area contributed by atoms with Crippen LogP contribution in [-0.2, 0) is 24.2 Å². The number of carbonyl (C=O) groups is 1. The summed E-state index contributed by atoms with van der Waals surface area (Å²) in [4.78, 5) is 17.1. The van der Waals surface area contributed by atoms with E-state index in [-0.39, 0.29) is 5.91 Å². The van der Waals surface area contributed by atoms with Gasteiger partial charge in [0.05, 0.1) is 24.1 Å². The zero-order chi connectivity index (χ0) is 24.5. The molecule has 0 aliphatic carbocycles. The number of carbonyl (C=O) groups excluding carboxylic acids is 1. The molecule has 3 aromatic carbocycles. The first-order valence-corrected chi connectivity index (χ1v) is 12.6. The van der Waals surface area contributed by atoms with Gasteiger partial charge in [0, 0.05) is 19.5 Å². The summed E-state index contributed by atoms with van der Waals surface area (Å²) in [5.74, 6) is 2.13. The fraction of sp³-hybridized carbons (Fsp3) is 0.333. The van der Waals surface area contributed by atoms with Crippen LogP contribution in [0.1, 0.15) is 41.8 Å². The average molecular weight is 470 g/mol. The van der Waals surface area contributed by atoms with Crippen molar-refractivity contribution in [1.29, 1.82) is 0 Å². The highest BCUT2D eigenvalue weighted by atomic mass is 16.5. The lowest BCUT2D eigenvalue weighted by Gasteiger charge is -2.12. The largest absolute Gasteiger partial charge is 0.493 e. The molecule has 35 heavy (non-hydrogen) atoms. The van der Waals surface area contributed by atoms with Crippen molar-refractivity contribution in [2.24, 2.45) is 0 Å². The van der Waals surface area contributed by atoms with Crippen LogP contribution in [0.15, 0.2) is 72.8 Å². The fourth-order valence-corrected chi connectivity index (χ4v) is 4.32. The minimum Gasteiger partial charge on any atom is -0.493 e. The van der Waals surface area contributed by atoms with E-state index in [9.17, 15) is 4.79 Å². The van der Waals surface area contributed by atoms with Crippen molar-refractivity contribution < 1.29 is 9.53 Å². The predicted octanol–water partition coefficient (Wildman–Crippen LogP) is 5.80. The molecule has 0 aliphatic heterocycles. The molecule has 182 valence electrons. The van der Waals surface area contributed by atoms with E-state index < -0.39 is 0 Å². The fourth-order valence-electron chi connectivity index (χ4n) is 4.32. The summed E-state index contributed by atoms with van der Waals surface area (Å²) in [7, 11) is 0. The van der Waals surface area contributed by atoms with Gasteiger partial charge in [0.2, 0.25) is 5.91 Å². The number of amides is 1. The van der Waals surface area contributed by atoms with Crippen LogP contribution in [0.3, 0.4) is 0 Å². The van der Waals surface area contributed by atoms with Crippen LogP contribution in [0.2, 0.25) is 0 Å². The molecule has 0 saturated heterocycles.